The van der Waals surface area contributed by atoms with Crippen molar-refractivity contribution in [1.82, 2.24) is 0 Å². The number of benzene rings is 1. The van der Waals surface area contributed by atoms with Gasteiger partial charge in [0.05, 0.1) is 19.8 Å². The van der Waals surface area contributed by atoms with Crippen LogP contribution in [0, 0.1) is 0 Å². The molecule has 0 aromatic heterocycles. The van der Waals surface area contributed by atoms with Gasteiger partial charge in [0, 0.05) is 0 Å². The van der Waals surface area contributed by atoms with E-state index in [1.54, 1.807) is 0 Å². The van der Waals surface area contributed by atoms with Gasteiger partial charge in [-0.3, -0.25) is 0 Å². The van der Waals surface area contributed by atoms with Crippen molar-refractivity contribution in [2.75, 3.05) is 19.8 Å². The summed E-state index contributed by atoms with van der Waals surface area (Å²) in [5, 5.41) is 0. The van der Waals surface area contributed by atoms with Crippen molar-refractivity contribution < 1.29 is 14.2 Å². The lowest BCUT2D eigenvalue weighted by Gasteiger charge is -2.19. The summed E-state index contributed by atoms with van der Waals surface area (Å²) in [4.78, 5) is 0. The first-order valence-corrected chi connectivity index (χ1v) is 30.8. The highest BCUT2D eigenvalue weighted by molar-refractivity contribution is 5.54. The molecule has 3 nitrogen and oxygen atoms in total. The van der Waals surface area contributed by atoms with Crippen LogP contribution in [0.2, 0.25) is 0 Å². The van der Waals surface area contributed by atoms with Crippen LogP contribution in [0.5, 0.6) is 17.2 Å². The molecule has 1 aromatic carbocycles. The second-order valence-electron chi connectivity index (χ2n) is 21.1. The summed E-state index contributed by atoms with van der Waals surface area (Å²) in [6.45, 7) is 11.5. The van der Waals surface area contributed by atoms with E-state index in [9.17, 15) is 0 Å². The molecule has 0 radical (unpaired) electrons. The van der Waals surface area contributed by atoms with E-state index < -0.39 is 0 Å². The average molecular weight is 926 g/mol. The van der Waals surface area contributed by atoms with Gasteiger partial charge in [-0.2, -0.15) is 0 Å². The van der Waals surface area contributed by atoms with E-state index in [4.69, 9.17) is 14.2 Å². The van der Waals surface area contributed by atoms with Crippen molar-refractivity contribution in [3.8, 4) is 17.2 Å². The fraction of sp³-hybridized carbons (Fsp3) is 0.905. The van der Waals surface area contributed by atoms with E-state index in [0.29, 0.717) is 0 Å². The van der Waals surface area contributed by atoms with Crippen molar-refractivity contribution in [2.45, 2.75) is 349 Å². The fourth-order valence-electron chi connectivity index (χ4n) is 9.91. The van der Waals surface area contributed by atoms with Gasteiger partial charge < -0.3 is 14.2 Å². The number of aryl methyl sites for hydroxylation is 1. The number of rotatable bonds is 56. The van der Waals surface area contributed by atoms with Gasteiger partial charge in [0.25, 0.3) is 0 Å². The molecule has 0 saturated heterocycles. The molecule has 0 atom stereocenters. The van der Waals surface area contributed by atoms with E-state index >= 15 is 0 Å². The molecular weight excluding hydrogens is 805 g/mol. The summed E-state index contributed by atoms with van der Waals surface area (Å²) < 4.78 is 19.8. The van der Waals surface area contributed by atoms with E-state index in [0.717, 1.165) is 69.2 Å². The van der Waals surface area contributed by atoms with Gasteiger partial charge in [0.2, 0.25) is 5.75 Å². The van der Waals surface area contributed by atoms with Crippen molar-refractivity contribution in [3.05, 3.63) is 17.7 Å². The normalized spacial score (nSPS) is 11.5. The lowest BCUT2D eigenvalue weighted by Crippen LogP contribution is -2.07. The van der Waals surface area contributed by atoms with E-state index in [2.05, 4.69) is 39.8 Å². The Morgan fingerprint density at radius 3 is 0.636 bits per heavy atom. The Morgan fingerprint density at radius 2 is 0.424 bits per heavy atom. The molecular formula is C63H120O3. The highest BCUT2D eigenvalue weighted by Gasteiger charge is 2.16. The minimum absolute atomic E-state index is 0.746. The van der Waals surface area contributed by atoms with Crippen LogP contribution >= 0.6 is 0 Å². The van der Waals surface area contributed by atoms with Gasteiger partial charge >= 0.3 is 0 Å². The summed E-state index contributed by atoms with van der Waals surface area (Å²) in [5.74, 6) is 2.70. The van der Waals surface area contributed by atoms with Gasteiger partial charge in [-0.1, -0.05) is 323 Å². The first-order chi connectivity index (χ1) is 32.8. The van der Waals surface area contributed by atoms with Gasteiger partial charge in [-0.15, -0.1) is 0 Å². The second-order valence-corrected chi connectivity index (χ2v) is 21.1. The third kappa shape index (κ3) is 42.7. The van der Waals surface area contributed by atoms with Crippen molar-refractivity contribution in [3.63, 3.8) is 0 Å². The first-order valence-electron chi connectivity index (χ1n) is 30.8. The molecule has 0 aliphatic heterocycles. The molecule has 0 heterocycles. The van der Waals surface area contributed by atoms with Crippen LogP contribution in [0.25, 0.3) is 0 Å². The minimum atomic E-state index is 0.746. The largest absolute Gasteiger partial charge is 0.490 e. The molecule has 0 spiro atoms. The smallest absolute Gasteiger partial charge is 0.203 e. The fourth-order valence-corrected chi connectivity index (χ4v) is 9.91. The molecule has 0 unspecified atom stereocenters. The SMILES string of the molecule is CCCCCCCCCCCCCCCCCCOc1cc(CCC)cc(OCCCCCCCCCCCCCCCCCC)c1OCCCCCCCCCCCCCCCCCC. The monoisotopic (exact) mass is 925 g/mol. The third-order valence-corrected chi connectivity index (χ3v) is 14.4. The molecule has 0 aliphatic carbocycles. The maximum absolute atomic E-state index is 6.64. The van der Waals surface area contributed by atoms with Crippen molar-refractivity contribution >= 4 is 0 Å². The summed E-state index contributed by atoms with van der Waals surface area (Å²) in [6, 6.07) is 4.53. The average Bonchev–Trinajstić information content (AvgIpc) is 3.32. The molecule has 0 amide bonds. The maximum Gasteiger partial charge on any atom is 0.203 e. The Labute approximate surface area is 416 Å². The van der Waals surface area contributed by atoms with E-state index in [1.165, 1.54) is 295 Å². The molecule has 3 heteroatoms. The third-order valence-electron chi connectivity index (χ3n) is 14.4. The van der Waals surface area contributed by atoms with Crippen molar-refractivity contribution in [2.24, 2.45) is 0 Å². The second kappa shape index (κ2) is 53.0. The highest BCUT2D eigenvalue weighted by Crippen LogP contribution is 2.40. The summed E-state index contributed by atoms with van der Waals surface area (Å²) in [7, 11) is 0. The van der Waals surface area contributed by atoms with Crippen molar-refractivity contribution in [1.29, 1.82) is 0 Å². The standard InChI is InChI=1S/C63H120O3/c1-5-9-12-15-18-21-24-27-30-33-36-39-42-45-48-51-55-64-61-58-60(54-8-4)59-62(65-56-52-49-46-43-40-37-34-31-28-25-22-19-16-13-10-6-2)63(61)66-57-53-50-47-44-41-38-35-32-29-26-23-20-17-14-11-7-3/h58-59H,5-57H2,1-4H3. The predicted octanol–water partition coefficient (Wildman–Crippen LogP) is 22.6. The Kier molecular flexibility index (Phi) is 50.3. The number of ether oxygens (including phenoxy) is 3. The topological polar surface area (TPSA) is 27.7 Å². The number of hydrogen-bond acceptors (Lipinski definition) is 3. The van der Waals surface area contributed by atoms with Crippen LogP contribution in [0.3, 0.4) is 0 Å². The number of hydrogen-bond donors (Lipinski definition) is 0. The Bertz CT molecular complexity index is 1010. The summed E-state index contributed by atoms with van der Waals surface area (Å²) in [6.07, 6.45) is 68.8. The Balaban J connectivity index is 2.45. The van der Waals surface area contributed by atoms with Crippen LogP contribution in [0.4, 0.5) is 0 Å². The molecule has 0 aliphatic rings. The summed E-state index contributed by atoms with van der Waals surface area (Å²) in [5.41, 5.74) is 1.32. The highest BCUT2D eigenvalue weighted by atomic mass is 16.5. The molecule has 0 N–H and O–H groups in total. The maximum atomic E-state index is 6.64. The zero-order chi connectivity index (χ0) is 47.3. The first kappa shape index (κ1) is 62.6. The molecule has 66 heavy (non-hydrogen) atoms. The van der Waals surface area contributed by atoms with Crippen LogP contribution in [-0.4, -0.2) is 19.8 Å². The molecule has 0 saturated carbocycles. The van der Waals surface area contributed by atoms with Gasteiger partial charge in [-0.25, -0.2) is 0 Å². The van der Waals surface area contributed by atoms with E-state index in [-0.39, 0.29) is 0 Å². The van der Waals surface area contributed by atoms with E-state index in [1.807, 2.05) is 0 Å². The molecule has 0 bridgehead atoms. The molecule has 0 fully saturated rings. The lowest BCUT2D eigenvalue weighted by molar-refractivity contribution is 0.234. The minimum Gasteiger partial charge on any atom is -0.490 e. The van der Waals surface area contributed by atoms with Crippen LogP contribution in [0.1, 0.15) is 348 Å². The molecule has 1 aromatic rings. The van der Waals surface area contributed by atoms with Gasteiger partial charge in [0.1, 0.15) is 0 Å². The number of unbranched alkanes of at least 4 members (excludes halogenated alkanes) is 45. The molecule has 390 valence electrons. The Morgan fingerprint density at radius 1 is 0.227 bits per heavy atom. The molecule has 1 rings (SSSR count). The van der Waals surface area contributed by atoms with Gasteiger partial charge in [-0.05, 0) is 43.4 Å². The summed E-state index contributed by atoms with van der Waals surface area (Å²) >= 11 is 0. The van der Waals surface area contributed by atoms with Crippen LogP contribution < -0.4 is 14.2 Å². The zero-order valence-corrected chi connectivity index (χ0v) is 45.9. The quantitative estimate of drug-likeness (QED) is 0.0609. The van der Waals surface area contributed by atoms with Crippen LogP contribution in [-0.2, 0) is 6.42 Å². The Hall–Kier alpha value is -1.38. The van der Waals surface area contributed by atoms with Crippen LogP contribution in [0.15, 0.2) is 12.1 Å². The predicted molar refractivity (Wildman–Crippen MR) is 296 cm³/mol. The zero-order valence-electron chi connectivity index (χ0n) is 45.9. The van der Waals surface area contributed by atoms with Gasteiger partial charge in [0.15, 0.2) is 11.5 Å². The lowest BCUT2D eigenvalue weighted by atomic mass is 10.0.